The Bertz CT molecular complexity index is 358. The minimum Gasteiger partial charge on any atom is -0.314 e. The van der Waals surface area contributed by atoms with Gasteiger partial charge in [-0.2, -0.15) is 0 Å². The lowest BCUT2D eigenvalue weighted by molar-refractivity contribution is 0.308. The second-order valence-electron chi connectivity index (χ2n) is 5.10. The van der Waals surface area contributed by atoms with Gasteiger partial charge >= 0.3 is 0 Å². The van der Waals surface area contributed by atoms with Gasteiger partial charge in [-0.05, 0) is 55.8 Å². The molecule has 0 radical (unpaired) electrons. The number of halogens is 2. The van der Waals surface area contributed by atoms with Crippen molar-refractivity contribution in [2.45, 2.75) is 38.6 Å². The summed E-state index contributed by atoms with van der Waals surface area (Å²) >= 11 is 0. The molecule has 0 spiro atoms. The SMILES string of the molecule is CC1CCNC(CCc2cc(F)cc(F)c2)C1. The van der Waals surface area contributed by atoms with Gasteiger partial charge in [0, 0.05) is 12.1 Å². The largest absolute Gasteiger partial charge is 0.314 e. The molecule has 3 heteroatoms. The predicted octanol–water partition coefficient (Wildman–Crippen LogP) is 3.29. The van der Waals surface area contributed by atoms with Crippen molar-refractivity contribution < 1.29 is 8.78 Å². The van der Waals surface area contributed by atoms with E-state index in [1.54, 1.807) is 0 Å². The first-order chi connectivity index (χ1) is 8.13. The molecule has 1 aliphatic heterocycles. The van der Waals surface area contributed by atoms with Crippen LogP contribution < -0.4 is 5.32 Å². The minimum absolute atomic E-state index is 0.482. The summed E-state index contributed by atoms with van der Waals surface area (Å²) in [5.41, 5.74) is 0.752. The summed E-state index contributed by atoms with van der Waals surface area (Å²) in [5, 5.41) is 3.46. The van der Waals surface area contributed by atoms with Gasteiger partial charge in [0.25, 0.3) is 0 Å². The average Bonchev–Trinajstić information content (AvgIpc) is 2.25. The monoisotopic (exact) mass is 239 g/mol. The molecular formula is C14H19F2N. The molecule has 17 heavy (non-hydrogen) atoms. The Labute approximate surface area is 101 Å². The second-order valence-corrected chi connectivity index (χ2v) is 5.10. The molecule has 1 heterocycles. The highest BCUT2D eigenvalue weighted by Crippen LogP contribution is 2.19. The molecule has 0 saturated carbocycles. The molecule has 1 fully saturated rings. The van der Waals surface area contributed by atoms with Crippen molar-refractivity contribution in [2.75, 3.05) is 6.54 Å². The Balaban J connectivity index is 1.88. The molecule has 0 bridgehead atoms. The number of hydrogen-bond donors (Lipinski definition) is 1. The van der Waals surface area contributed by atoms with Crippen molar-refractivity contribution in [1.82, 2.24) is 5.32 Å². The fraction of sp³-hybridized carbons (Fsp3) is 0.571. The van der Waals surface area contributed by atoms with E-state index in [1.807, 2.05) is 0 Å². The van der Waals surface area contributed by atoms with Crippen LogP contribution in [0.2, 0.25) is 0 Å². The molecule has 1 nitrogen and oxygen atoms in total. The summed E-state index contributed by atoms with van der Waals surface area (Å²) in [7, 11) is 0. The maximum Gasteiger partial charge on any atom is 0.126 e. The highest BCUT2D eigenvalue weighted by molar-refractivity contribution is 5.18. The van der Waals surface area contributed by atoms with Crippen LogP contribution in [0.4, 0.5) is 8.78 Å². The van der Waals surface area contributed by atoms with Crippen LogP contribution in [-0.2, 0) is 6.42 Å². The summed E-state index contributed by atoms with van der Waals surface area (Å²) in [5.74, 6) is -0.208. The van der Waals surface area contributed by atoms with E-state index in [0.717, 1.165) is 43.4 Å². The van der Waals surface area contributed by atoms with E-state index >= 15 is 0 Å². The van der Waals surface area contributed by atoms with Gasteiger partial charge in [-0.25, -0.2) is 8.78 Å². The van der Waals surface area contributed by atoms with Crippen LogP contribution in [0.3, 0.4) is 0 Å². The van der Waals surface area contributed by atoms with Gasteiger partial charge in [0.2, 0.25) is 0 Å². The third-order valence-corrected chi connectivity index (χ3v) is 3.46. The molecule has 0 amide bonds. The highest BCUT2D eigenvalue weighted by atomic mass is 19.1. The highest BCUT2D eigenvalue weighted by Gasteiger charge is 2.17. The molecule has 1 aliphatic rings. The zero-order chi connectivity index (χ0) is 12.3. The van der Waals surface area contributed by atoms with Crippen molar-refractivity contribution in [3.05, 3.63) is 35.4 Å². The van der Waals surface area contributed by atoms with Crippen LogP contribution in [0.25, 0.3) is 0 Å². The first kappa shape index (κ1) is 12.5. The third kappa shape index (κ3) is 3.77. The minimum atomic E-state index is -0.482. The Morgan fingerprint density at radius 1 is 1.24 bits per heavy atom. The van der Waals surface area contributed by atoms with Crippen molar-refractivity contribution in [2.24, 2.45) is 5.92 Å². The van der Waals surface area contributed by atoms with E-state index in [4.69, 9.17) is 0 Å². The van der Waals surface area contributed by atoms with E-state index in [1.165, 1.54) is 18.6 Å². The standard InChI is InChI=1S/C14H19F2N/c1-10-4-5-17-14(6-10)3-2-11-7-12(15)9-13(16)8-11/h7-10,14,17H,2-6H2,1H3. The molecule has 2 rings (SSSR count). The van der Waals surface area contributed by atoms with E-state index in [0.29, 0.717) is 6.04 Å². The maximum absolute atomic E-state index is 13.0. The van der Waals surface area contributed by atoms with Crippen molar-refractivity contribution in [1.29, 1.82) is 0 Å². The summed E-state index contributed by atoms with van der Waals surface area (Å²) in [6.07, 6.45) is 4.08. The number of piperidine rings is 1. The van der Waals surface area contributed by atoms with E-state index < -0.39 is 11.6 Å². The zero-order valence-electron chi connectivity index (χ0n) is 10.2. The Hall–Kier alpha value is -0.960. The molecule has 0 aliphatic carbocycles. The Morgan fingerprint density at radius 3 is 2.59 bits per heavy atom. The molecule has 2 atom stereocenters. The number of nitrogens with one attached hydrogen (secondary N) is 1. The number of aryl methyl sites for hydroxylation is 1. The summed E-state index contributed by atoms with van der Waals surface area (Å²) in [6.45, 7) is 3.32. The van der Waals surface area contributed by atoms with Gasteiger partial charge in [0.05, 0.1) is 0 Å². The maximum atomic E-state index is 13.0. The van der Waals surface area contributed by atoms with Gasteiger partial charge in [-0.1, -0.05) is 6.92 Å². The summed E-state index contributed by atoms with van der Waals surface area (Å²) in [6, 6.07) is 4.26. The lowest BCUT2D eigenvalue weighted by Crippen LogP contribution is -2.37. The quantitative estimate of drug-likeness (QED) is 0.853. The zero-order valence-corrected chi connectivity index (χ0v) is 10.2. The molecule has 1 aromatic carbocycles. The fourth-order valence-electron chi connectivity index (χ4n) is 2.54. The molecule has 1 saturated heterocycles. The predicted molar refractivity (Wildman–Crippen MR) is 64.9 cm³/mol. The van der Waals surface area contributed by atoms with Crippen molar-refractivity contribution in [3.8, 4) is 0 Å². The van der Waals surface area contributed by atoms with E-state index in [2.05, 4.69) is 12.2 Å². The van der Waals surface area contributed by atoms with Gasteiger partial charge in [0.1, 0.15) is 11.6 Å². The van der Waals surface area contributed by atoms with Crippen LogP contribution in [-0.4, -0.2) is 12.6 Å². The number of benzene rings is 1. The Kier molecular flexibility index (Phi) is 4.11. The van der Waals surface area contributed by atoms with Crippen molar-refractivity contribution >= 4 is 0 Å². The third-order valence-electron chi connectivity index (χ3n) is 3.46. The van der Waals surface area contributed by atoms with Gasteiger partial charge in [-0.15, -0.1) is 0 Å². The van der Waals surface area contributed by atoms with Crippen molar-refractivity contribution in [3.63, 3.8) is 0 Å². The smallest absolute Gasteiger partial charge is 0.126 e. The topological polar surface area (TPSA) is 12.0 Å². The lowest BCUT2D eigenvalue weighted by atomic mass is 9.91. The molecule has 94 valence electrons. The number of rotatable bonds is 3. The van der Waals surface area contributed by atoms with Gasteiger partial charge in [0.15, 0.2) is 0 Å². The van der Waals surface area contributed by atoms with Crippen LogP contribution >= 0.6 is 0 Å². The van der Waals surface area contributed by atoms with Crippen LogP contribution in [0, 0.1) is 17.6 Å². The fourth-order valence-corrected chi connectivity index (χ4v) is 2.54. The van der Waals surface area contributed by atoms with Crippen LogP contribution in [0.5, 0.6) is 0 Å². The molecular weight excluding hydrogens is 220 g/mol. The average molecular weight is 239 g/mol. The molecule has 1 N–H and O–H groups in total. The molecule has 1 aromatic rings. The summed E-state index contributed by atoms with van der Waals surface area (Å²) < 4.78 is 26.0. The van der Waals surface area contributed by atoms with Crippen LogP contribution in [0.15, 0.2) is 18.2 Å². The van der Waals surface area contributed by atoms with Gasteiger partial charge < -0.3 is 5.32 Å². The van der Waals surface area contributed by atoms with Gasteiger partial charge in [-0.3, -0.25) is 0 Å². The number of hydrogen-bond acceptors (Lipinski definition) is 1. The first-order valence-electron chi connectivity index (χ1n) is 6.32. The summed E-state index contributed by atoms with van der Waals surface area (Å²) in [4.78, 5) is 0. The normalized spacial score (nSPS) is 24.9. The van der Waals surface area contributed by atoms with E-state index in [9.17, 15) is 8.78 Å². The Morgan fingerprint density at radius 2 is 1.94 bits per heavy atom. The van der Waals surface area contributed by atoms with Crippen LogP contribution in [0.1, 0.15) is 31.7 Å². The lowest BCUT2D eigenvalue weighted by Gasteiger charge is -2.28. The molecule has 2 unspecified atom stereocenters. The first-order valence-corrected chi connectivity index (χ1v) is 6.32. The van der Waals surface area contributed by atoms with E-state index in [-0.39, 0.29) is 0 Å². The second kappa shape index (κ2) is 5.58. The molecule has 0 aromatic heterocycles.